The van der Waals surface area contributed by atoms with Crippen molar-refractivity contribution in [1.29, 1.82) is 0 Å². The zero-order valence-corrected chi connectivity index (χ0v) is 12.5. The summed E-state index contributed by atoms with van der Waals surface area (Å²) >= 11 is 0. The molecule has 0 radical (unpaired) electrons. The quantitative estimate of drug-likeness (QED) is 0.752. The molecule has 0 heterocycles. The Bertz CT molecular complexity index is 310. The van der Waals surface area contributed by atoms with Crippen molar-refractivity contribution < 1.29 is 0 Å². The first-order valence-electron chi connectivity index (χ1n) is 7.28. The summed E-state index contributed by atoms with van der Waals surface area (Å²) < 4.78 is 0. The van der Waals surface area contributed by atoms with Gasteiger partial charge in [0.15, 0.2) is 0 Å². The predicted molar refractivity (Wildman–Crippen MR) is 80.9 cm³/mol. The molecule has 0 saturated carbocycles. The molecule has 1 unspecified atom stereocenters. The van der Waals surface area contributed by atoms with Crippen molar-refractivity contribution in [2.24, 2.45) is 5.41 Å². The topological polar surface area (TPSA) is 12.0 Å². The Morgan fingerprint density at radius 1 is 1.06 bits per heavy atom. The smallest absolute Gasteiger partial charge is 0.00703 e. The highest BCUT2D eigenvalue weighted by Gasteiger charge is 2.14. The first kappa shape index (κ1) is 15.2. The lowest BCUT2D eigenvalue weighted by Crippen LogP contribution is -2.30. The normalized spacial score (nSPS) is 13.6. The molecule has 1 aromatic carbocycles. The van der Waals surface area contributed by atoms with Crippen LogP contribution in [0.4, 0.5) is 0 Å². The summed E-state index contributed by atoms with van der Waals surface area (Å²) in [6.07, 6.45) is 5.00. The van der Waals surface area contributed by atoms with Crippen molar-refractivity contribution in [3.05, 3.63) is 35.9 Å². The molecule has 1 nitrogen and oxygen atoms in total. The molecule has 0 bridgehead atoms. The van der Waals surface area contributed by atoms with E-state index in [1.54, 1.807) is 0 Å². The van der Waals surface area contributed by atoms with E-state index in [4.69, 9.17) is 0 Å². The number of hydrogen-bond donors (Lipinski definition) is 1. The Kier molecular flexibility index (Phi) is 6.42. The van der Waals surface area contributed by atoms with Gasteiger partial charge in [0.1, 0.15) is 0 Å². The highest BCUT2D eigenvalue weighted by atomic mass is 14.9. The van der Waals surface area contributed by atoms with Crippen LogP contribution in [0.1, 0.15) is 52.5 Å². The Balaban J connectivity index is 2.38. The summed E-state index contributed by atoms with van der Waals surface area (Å²) in [4.78, 5) is 0. The summed E-state index contributed by atoms with van der Waals surface area (Å²) in [5, 5.41) is 3.63. The van der Waals surface area contributed by atoms with E-state index in [0.717, 1.165) is 6.54 Å². The van der Waals surface area contributed by atoms with E-state index in [9.17, 15) is 0 Å². The van der Waals surface area contributed by atoms with E-state index < -0.39 is 0 Å². The van der Waals surface area contributed by atoms with Crippen LogP contribution in [-0.4, -0.2) is 12.6 Å². The second-order valence-corrected chi connectivity index (χ2v) is 6.38. The minimum Gasteiger partial charge on any atom is -0.314 e. The van der Waals surface area contributed by atoms with Crippen LogP contribution in [0.3, 0.4) is 0 Å². The van der Waals surface area contributed by atoms with E-state index in [0.29, 0.717) is 11.5 Å². The summed E-state index contributed by atoms with van der Waals surface area (Å²) in [5.41, 5.74) is 1.90. The zero-order chi connectivity index (χ0) is 13.4. The highest BCUT2D eigenvalue weighted by molar-refractivity contribution is 5.14. The van der Waals surface area contributed by atoms with Gasteiger partial charge in [-0.25, -0.2) is 0 Å². The van der Waals surface area contributed by atoms with Crippen LogP contribution in [0.15, 0.2) is 30.3 Å². The lowest BCUT2D eigenvalue weighted by molar-refractivity contribution is 0.324. The average molecular weight is 247 g/mol. The summed E-state index contributed by atoms with van der Waals surface area (Å²) in [6, 6.07) is 11.5. The molecule has 1 aromatic rings. The minimum absolute atomic E-state index is 0.445. The van der Waals surface area contributed by atoms with Crippen LogP contribution < -0.4 is 5.32 Å². The second kappa shape index (κ2) is 7.58. The van der Waals surface area contributed by atoms with Gasteiger partial charge in [0.2, 0.25) is 0 Å². The molecule has 0 aliphatic carbocycles. The Hall–Kier alpha value is -0.820. The third-order valence-electron chi connectivity index (χ3n) is 3.36. The van der Waals surface area contributed by atoms with Crippen molar-refractivity contribution >= 4 is 0 Å². The number of aryl methyl sites for hydroxylation is 1. The Morgan fingerprint density at radius 2 is 1.72 bits per heavy atom. The highest BCUT2D eigenvalue weighted by Crippen LogP contribution is 2.22. The first-order valence-corrected chi connectivity index (χ1v) is 7.28. The molecule has 0 aliphatic rings. The lowest BCUT2D eigenvalue weighted by atomic mass is 9.87. The fourth-order valence-electron chi connectivity index (χ4n) is 2.23. The Morgan fingerprint density at radius 3 is 2.28 bits per heavy atom. The van der Waals surface area contributed by atoms with Gasteiger partial charge in [-0.1, -0.05) is 58.0 Å². The van der Waals surface area contributed by atoms with E-state index >= 15 is 0 Å². The van der Waals surface area contributed by atoms with Gasteiger partial charge in [0, 0.05) is 6.04 Å². The van der Waals surface area contributed by atoms with Gasteiger partial charge in [-0.2, -0.15) is 0 Å². The van der Waals surface area contributed by atoms with E-state index in [1.165, 1.54) is 31.2 Å². The molecule has 0 fully saturated rings. The number of benzene rings is 1. The minimum atomic E-state index is 0.445. The summed E-state index contributed by atoms with van der Waals surface area (Å²) in [7, 11) is 0. The number of hydrogen-bond acceptors (Lipinski definition) is 1. The Labute approximate surface area is 113 Å². The molecule has 0 aliphatic heterocycles. The molecule has 0 spiro atoms. The van der Waals surface area contributed by atoms with Crippen molar-refractivity contribution in [2.75, 3.05) is 6.54 Å². The van der Waals surface area contributed by atoms with Crippen molar-refractivity contribution in [3.63, 3.8) is 0 Å². The van der Waals surface area contributed by atoms with Gasteiger partial charge < -0.3 is 5.32 Å². The van der Waals surface area contributed by atoms with Crippen molar-refractivity contribution in [3.8, 4) is 0 Å². The fourth-order valence-corrected chi connectivity index (χ4v) is 2.23. The molecule has 1 rings (SSSR count). The van der Waals surface area contributed by atoms with Crippen molar-refractivity contribution in [1.82, 2.24) is 5.32 Å². The molecular formula is C17H29N. The average Bonchev–Trinajstić information content (AvgIpc) is 2.33. The van der Waals surface area contributed by atoms with Crippen LogP contribution in [0.5, 0.6) is 0 Å². The maximum absolute atomic E-state index is 3.63. The van der Waals surface area contributed by atoms with Crippen LogP contribution in [-0.2, 0) is 6.42 Å². The number of nitrogens with one attached hydrogen (secondary N) is 1. The van der Waals surface area contributed by atoms with Crippen LogP contribution >= 0.6 is 0 Å². The zero-order valence-electron chi connectivity index (χ0n) is 12.5. The standard InChI is InChI=1S/C17H29N/c1-5-18-16(13-14-17(2,3)4)12-11-15-9-7-6-8-10-15/h6-10,16,18H,5,11-14H2,1-4H3. The van der Waals surface area contributed by atoms with Crippen LogP contribution in [0.25, 0.3) is 0 Å². The largest absolute Gasteiger partial charge is 0.314 e. The van der Waals surface area contributed by atoms with Gasteiger partial charge in [-0.05, 0) is 43.2 Å². The summed E-state index contributed by atoms with van der Waals surface area (Å²) in [6.45, 7) is 10.3. The molecule has 0 aromatic heterocycles. The fraction of sp³-hybridized carbons (Fsp3) is 0.647. The third kappa shape index (κ3) is 6.80. The van der Waals surface area contributed by atoms with E-state index in [-0.39, 0.29) is 0 Å². The van der Waals surface area contributed by atoms with Crippen LogP contribution in [0, 0.1) is 5.41 Å². The van der Waals surface area contributed by atoms with E-state index in [1.807, 2.05) is 0 Å². The molecule has 1 N–H and O–H groups in total. The monoisotopic (exact) mass is 247 g/mol. The molecule has 1 heteroatoms. The molecule has 102 valence electrons. The van der Waals surface area contributed by atoms with Crippen LogP contribution in [0.2, 0.25) is 0 Å². The van der Waals surface area contributed by atoms with Gasteiger partial charge >= 0.3 is 0 Å². The van der Waals surface area contributed by atoms with Crippen molar-refractivity contribution in [2.45, 2.75) is 59.4 Å². The lowest BCUT2D eigenvalue weighted by Gasteiger charge is -2.23. The molecular weight excluding hydrogens is 218 g/mol. The molecule has 18 heavy (non-hydrogen) atoms. The maximum atomic E-state index is 3.63. The molecule has 0 amide bonds. The molecule has 1 atom stereocenters. The first-order chi connectivity index (χ1) is 8.51. The molecule has 0 saturated heterocycles. The third-order valence-corrected chi connectivity index (χ3v) is 3.36. The van der Waals surface area contributed by atoms with Gasteiger partial charge in [-0.3, -0.25) is 0 Å². The maximum Gasteiger partial charge on any atom is 0.00703 e. The van der Waals surface area contributed by atoms with Gasteiger partial charge in [-0.15, -0.1) is 0 Å². The predicted octanol–water partition coefficient (Wildman–Crippen LogP) is 4.42. The van der Waals surface area contributed by atoms with E-state index in [2.05, 4.69) is 63.3 Å². The number of rotatable bonds is 7. The summed E-state index contributed by atoms with van der Waals surface area (Å²) in [5.74, 6) is 0. The second-order valence-electron chi connectivity index (χ2n) is 6.38. The van der Waals surface area contributed by atoms with Gasteiger partial charge in [0.05, 0.1) is 0 Å². The SMILES string of the molecule is CCNC(CCc1ccccc1)CCC(C)(C)C. The van der Waals surface area contributed by atoms with Gasteiger partial charge in [0.25, 0.3) is 0 Å².